The summed E-state index contributed by atoms with van der Waals surface area (Å²) >= 11 is 0. The highest BCUT2D eigenvalue weighted by Crippen LogP contribution is 2.40. The summed E-state index contributed by atoms with van der Waals surface area (Å²) in [6.07, 6.45) is 6.76. The Morgan fingerprint density at radius 3 is 2.22 bits per heavy atom. The van der Waals surface area contributed by atoms with E-state index < -0.39 is 18.2 Å². The van der Waals surface area contributed by atoms with Gasteiger partial charge in [0.2, 0.25) is 5.91 Å². The van der Waals surface area contributed by atoms with E-state index in [4.69, 9.17) is 24.2 Å². The topological polar surface area (TPSA) is 184 Å². The number of fused-ring (bicyclic) bond motifs is 4. The second-order valence-electron chi connectivity index (χ2n) is 17.3. The molecule has 0 bridgehead atoms. The molecular formula is C48H54N8O7. The Bertz CT molecular complexity index is 2590. The van der Waals surface area contributed by atoms with E-state index >= 15 is 0 Å². The van der Waals surface area contributed by atoms with E-state index in [-0.39, 0.29) is 41.4 Å². The molecule has 3 fully saturated rings. The zero-order chi connectivity index (χ0) is 43.8. The van der Waals surface area contributed by atoms with Crippen molar-refractivity contribution in [2.75, 3.05) is 40.5 Å². The number of carbonyl (C=O) groups is 4. The molecule has 0 spiro atoms. The molecule has 3 unspecified atom stereocenters. The number of amides is 4. The van der Waals surface area contributed by atoms with Gasteiger partial charge in [-0.05, 0) is 96.9 Å². The van der Waals surface area contributed by atoms with Crippen LogP contribution in [0.4, 0.5) is 9.59 Å². The smallest absolute Gasteiger partial charge is 0.433 e. The fourth-order valence-corrected chi connectivity index (χ4v) is 9.83. The van der Waals surface area contributed by atoms with Crippen LogP contribution in [0.1, 0.15) is 87.4 Å². The predicted molar refractivity (Wildman–Crippen MR) is 237 cm³/mol. The van der Waals surface area contributed by atoms with Gasteiger partial charge in [0, 0.05) is 49.0 Å². The number of alkyl carbamates (subject to hydrolysis) is 1. The van der Waals surface area contributed by atoms with Gasteiger partial charge in [0.05, 0.1) is 43.9 Å². The second kappa shape index (κ2) is 17.8. The lowest BCUT2D eigenvalue weighted by Gasteiger charge is -2.34. The van der Waals surface area contributed by atoms with Gasteiger partial charge in [-0.3, -0.25) is 9.59 Å². The molecule has 63 heavy (non-hydrogen) atoms. The normalized spacial score (nSPS) is 19.5. The van der Waals surface area contributed by atoms with Gasteiger partial charge in [-0.1, -0.05) is 56.3 Å². The SMILES string of the molecule is COC(=O)N=C(C(=O)N1CCCC1c1nc2c([nH]1)CCc1cc(-c3ccc4cc(-c5cnc(C6CCCN6C(=O)C(NC(=O)OC)C6CCOCC6)[nH]5)ccc4c3)ccc1-2)C(C)C. The number of carbonyl (C=O) groups excluding carboxylic acids is 4. The van der Waals surface area contributed by atoms with Crippen LogP contribution < -0.4 is 5.32 Å². The minimum atomic E-state index is -0.776. The highest BCUT2D eigenvalue weighted by Gasteiger charge is 2.40. The summed E-state index contributed by atoms with van der Waals surface area (Å²) in [5, 5.41) is 5.04. The Labute approximate surface area is 366 Å². The first-order valence-electron chi connectivity index (χ1n) is 22.1. The molecule has 15 heteroatoms. The number of ether oxygens (including phenoxy) is 3. The van der Waals surface area contributed by atoms with E-state index in [1.807, 2.05) is 24.9 Å². The van der Waals surface area contributed by atoms with Crippen molar-refractivity contribution in [3.63, 3.8) is 0 Å². The van der Waals surface area contributed by atoms with Crippen molar-refractivity contribution in [1.82, 2.24) is 35.1 Å². The van der Waals surface area contributed by atoms with Crippen molar-refractivity contribution in [3.05, 3.63) is 83.7 Å². The third kappa shape index (κ3) is 8.33. The minimum absolute atomic E-state index is 0.0279. The third-order valence-electron chi connectivity index (χ3n) is 13.2. The Morgan fingerprint density at radius 1 is 0.810 bits per heavy atom. The Balaban J connectivity index is 0.904. The number of rotatable bonds is 9. The van der Waals surface area contributed by atoms with Gasteiger partial charge >= 0.3 is 12.2 Å². The Kier molecular flexibility index (Phi) is 11.9. The quantitative estimate of drug-likeness (QED) is 0.125. The average molecular weight is 855 g/mol. The standard InChI is InChI=1S/C48H54N8O7/c1-27(2)40(53-47(59)61-3)45(57)56-20-6-8-39(56)44-50-36-16-14-33-24-32(13-15-35(33)42(36)52-44)29-9-10-31-25-34(12-11-30(31)23-29)37-26-49-43(51-37)38-7-5-19-55(38)46(58)41(54-48(60)62-4)28-17-21-63-22-18-28/h9-13,15,23-28,38-39,41H,5-8,14,16-22H2,1-4H3,(H,49,51)(H,50,52)(H,54,60). The van der Waals surface area contributed by atoms with Crippen molar-refractivity contribution >= 4 is 40.5 Å². The Hall–Kier alpha value is -6.35. The van der Waals surface area contributed by atoms with Gasteiger partial charge in [0.15, 0.2) is 0 Å². The first-order valence-corrected chi connectivity index (χ1v) is 22.1. The molecular weight excluding hydrogens is 801 g/mol. The predicted octanol–water partition coefficient (Wildman–Crippen LogP) is 7.73. The summed E-state index contributed by atoms with van der Waals surface area (Å²) in [5.41, 5.74) is 8.66. The summed E-state index contributed by atoms with van der Waals surface area (Å²) < 4.78 is 15.1. The number of nitrogens with zero attached hydrogens (tertiary/aromatic N) is 5. The number of aryl methyl sites for hydroxylation is 2. The van der Waals surface area contributed by atoms with Crippen LogP contribution in [-0.4, -0.2) is 106 Å². The molecule has 3 atom stereocenters. The lowest BCUT2D eigenvalue weighted by Crippen LogP contribution is -2.53. The van der Waals surface area contributed by atoms with E-state index in [0.29, 0.717) is 39.1 Å². The maximum atomic E-state index is 14.0. The average Bonchev–Trinajstić information content (AvgIpc) is 4.16. The third-order valence-corrected chi connectivity index (χ3v) is 13.2. The van der Waals surface area contributed by atoms with E-state index in [0.717, 1.165) is 100 Å². The highest BCUT2D eigenvalue weighted by molar-refractivity contribution is 6.40. The second-order valence-corrected chi connectivity index (χ2v) is 17.3. The molecule has 328 valence electrons. The van der Waals surface area contributed by atoms with Gasteiger partial charge in [-0.2, -0.15) is 4.99 Å². The highest BCUT2D eigenvalue weighted by atomic mass is 16.5. The van der Waals surface area contributed by atoms with Crippen LogP contribution in [0.15, 0.2) is 65.8 Å². The molecule has 3 saturated heterocycles. The zero-order valence-electron chi connectivity index (χ0n) is 36.2. The molecule has 0 radical (unpaired) electrons. The van der Waals surface area contributed by atoms with Gasteiger partial charge in [-0.15, -0.1) is 0 Å². The maximum Gasteiger partial charge on any atom is 0.433 e. The van der Waals surface area contributed by atoms with Gasteiger partial charge in [0.1, 0.15) is 23.4 Å². The number of hydrogen-bond acceptors (Lipinski definition) is 9. The van der Waals surface area contributed by atoms with Crippen molar-refractivity contribution in [2.24, 2.45) is 16.8 Å². The number of likely N-dealkylation sites (tertiary alicyclic amines) is 2. The largest absolute Gasteiger partial charge is 0.453 e. The fraction of sp³-hybridized carbons (Fsp3) is 0.438. The summed E-state index contributed by atoms with van der Waals surface area (Å²) in [6.45, 7) is 5.98. The molecule has 3 aromatic carbocycles. The number of aliphatic imine (C=N–C) groups is 1. The molecule has 0 saturated carbocycles. The number of nitrogens with one attached hydrogen (secondary N) is 3. The minimum Gasteiger partial charge on any atom is -0.453 e. The number of aromatic nitrogens is 4. The fourth-order valence-electron chi connectivity index (χ4n) is 9.83. The number of methoxy groups -OCH3 is 2. The number of aromatic amines is 2. The van der Waals surface area contributed by atoms with E-state index in [9.17, 15) is 19.2 Å². The number of imidazole rings is 2. The van der Waals surface area contributed by atoms with Gasteiger partial charge in [-0.25, -0.2) is 19.6 Å². The lowest BCUT2D eigenvalue weighted by molar-refractivity contribution is -0.136. The van der Waals surface area contributed by atoms with E-state index in [2.05, 4.69) is 74.9 Å². The molecule has 5 aromatic rings. The van der Waals surface area contributed by atoms with Crippen LogP contribution in [0.25, 0.3) is 44.4 Å². The molecule has 2 aromatic heterocycles. The van der Waals surface area contributed by atoms with Crippen LogP contribution in [0.2, 0.25) is 0 Å². The molecule has 9 rings (SSSR count). The van der Waals surface area contributed by atoms with Crippen LogP contribution in [0.5, 0.6) is 0 Å². The van der Waals surface area contributed by atoms with Gasteiger partial charge < -0.3 is 39.3 Å². The lowest BCUT2D eigenvalue weighted by atomic mass is 9.89. The molecule has 3 aliphatic heterocycles. The van der Waals surface area contributed by atoms with Gasteiger partial charge in [0.25, 0.3) is 5.91 Å². The number of H-pyrrole nitrogens is 2. The van der Waals surface area contributed by atoms with Crippen LogP contribution in [0, 0.1) is 11.8 Å². The van der Waals surface area contributed by atoms with Crippen molar-refractivity contribution in [2.45, 2.75) is 83.3 Å². The van der Waals surface area contributed by atoms with Crippen molar-refractivity contribution in [3.8, 4) is 33.6 Å². The summed E-state index contributed by atoms with van der Waals surface area (Å²) in [4.78, 5) is 76.6. The molecule has 1 aliphatic carbocycles. The summed E-state index contributed by atoms with van der Waals surface area (Å²) in [7, 11) is 2.57. The molecule has 15 nitrogen and oxygen atoms in total. The maximum absolute atomic E-state index is 14.0. The monoisotopic (exact) mass is 854 g/mol. The molecule has 3 N–H and O–H groups in total. The van der Waals surface area contributed by atoms with E-state index in [1.54, 1.807) is 4.90 Å². The number of hydrogen-bond donors (Lipinski definition) is 3. The van der Waals surface area contributed by atoms with Crippen LogP contribution >= 0.6 is 0 Å². The summed E-state index contributed by atoms with van der Waals surface area (Å²) in [6, 6.07) is 18.4. The first-order chi connectivity index (χ1) is 30.6. The Morgan fingerprint density at radius 2 is 1.49 bits per heavy atom. The molecule has 4 aliphatic rings. The van der Waals surface area contributed by atoms with E-state index in [1.165, 1.54) is 19.8 Å². The van der Waals surface area contributed by atoms with Crippen molar-refractivity contribution in [1.29, 1.82) is 0 Å². The van der Waals surface area contributed by atoms with Crippen LogP contribution in [0.3, 0.4) is 0 Å². The number of benzene rings is 3. The van der Waals surface area contributed by atoms with Crippen LogP contribution in [-0.2, 0) is 36.6 Å². The molecule has 4 amide bonds. The molecule has 5 heterocycles. The first kappa shape index (κ1) is 42.0. The summed E-state index contributed by atoms with van der Waals surface area (Å²) in [5.74, 6) is 0.868. The van der Waals surface area contributed by atoms with Crippen molar-refractivity contribution < 1.29 is 33.4 Å². The zero-order valence-corrected chi connectivity index (χ0v) is 36.2.